The summed E-state index contributed by atoms with van der Waals surface area (Å²) in [5.74, 6) is -0.990. The molecule has 17 heavy (non-hydrogen) atoms. The molecular formula is C12H14ClFN2O. The summed E-state index contributed by atoms with van der Waals surface area (Å²) < 4.78 is 13.4. The van der Waals surface area contributed by atoms with Gasteiger partial charge >= 0.3 is 0 Å². The Balaban J connectivity index is 2.05. The first kappa shape index (κ1) is 12.3. The van der Waals surface area contributed by atoms with Crippen LogP contribution in [0.25, 0.3) is 0 Å². The summed E-state index contributed by atoms with van der Waals surface area (Å²) in [6.07, 6.45) is 3.29. The van der Waals surface area contributed by atoms with E-state index in [2.05, 4.69) is 5.43 Å². The summed E-state index contributed by atoms with van der Waals surface area (Å²) in [4.78, 5) is 11.8. The van der Waals surface area contributed by atoms with Gasteiger partial charge in [-0.05, 0) is 31.0 Å². The monoisotopic (exact) mass is 256 g/mol. The van der Waals surface area contributed by atoms with Gasteiger partial charge in [0.2, 0.25) is 0 Å². The van der Waals surface area contributed by atoms with E-state index in [0.29, 0.717) is 5.02 Å². The van der Waals surface area contributed by atoms with Crippen LogP contribution in [0.15, 0.2) is 18.2 Å². The van der Waals surface area contributed by atoms with Crippen molar-refractivity contribution in [2.45, 2.75) is 19.3 Å². The van der Waals surface area contributed by atoms with Crippen LogP contribution in [0, 0.1) is 5.82 Å². The lowest BCUT2D eigenvalue weighted by molar-refractivity contribution is 0.0746. The molecule has 0 spiro atoms. The average Bonchev–Trinajstić information content (AvgIpc) is 2.33. The standard InChI is InChI=1S/C12H14ClFN2O/c13-9-4-5-11(14)10(8-9)12(17)15-16-6-2-1-3-7-16/h4-5,8H,1-3,6-7H2,(H,15,17). The molecule has 0 aromatic heterocycles. The van der Waals surface area contributed by atoms with Gasteiger partial charge < -0.3 is 0 Å². The van der Waals surface area contributed by atoms with Gasteiger partial charge in [0.05, 0.1) is 5.56 Å². The second kappa shape index (κ2) is 5.47. The third-order valence-electron chi connectivity index (χ3n) is 2.79. The summed E-state index contributed by atoms with van der Waals surface area (Å²) >= 11 is 5.74. The molecule has 1 saturated heterocycles. The Morgan fingerprint density at radius 2 is 2.00 bits per heavy atom. The third-order valence-corrected chi connectivity index (χ3v) is 3.02. The van der Waals surface area contributed by atoms with Crippen LogP contribution in [-0.2, 0) is 0 Å². The average molecular weight is 257 g/mol. The van der Waals surface area contributed by atoms with E-state index in [1.807, 2.05) is 5.01 Å². The van der Waals surface area contributed by atoms with Gasteiger partial charge in [0.15, 0.2) is 0 Å². The van der Waals surface area contributed by atoms with Crippen LogP contribution in [0.4, 0.5) is 4.39 Å². The summed E-state index contributed by atoms with van der Waals surface area (Å²) in [5, 5.41) is 2.18. The predicted octanol–water partition coefficient (Wildman–Crippen LogP) is 2.61. The second-order valence-electron chi connectivity index (χ2n) is 4.11. The van der Waals surface area contributed by atoms with Crippen molar-refractivity contribution in [2.75, 3.05) is 13.1 Å². The number of nitrogens with one attached hydrogen (secondary N) is 1. The normalized spacial score (nSPS) is 16.8. The zero-order valence-corrected chi connectivity index (χ0v) is 10.1. The molecule has 1 aromatic rings. The minimum absolute atomic E-state index is 0.0110. The molecule has 5 heteroatoms. The number of hydrogen-bond donors (Lipinski definition) is 1. The minimum atomic E-state index is -0.552. The van der Waals surface area contributed by atoms with Crippen LogP contribution in [0.5, 0.6) is 0 Å². The molecule has 0 radical (unpaired) electrons. The van der Waals surface area contributed by atoms with Gasteiger partial charge in [0, 0.05) is 18.1 Å². The van der Waals surface area contributed by atoms with Crippen molar-refractivity contribution < 1.29 is 9.18 Å². The lowest BCUT2D eigenvalue weighted by Crippen LogP contribution is -2.45. The molecule has 1 aromatic carbocycles. The molecule has 0 bridgehead atoms. The first-order valence-corrected chi connectivity index (χ1v) is 6.05. The van der Waals surface area contributed by atoms with Crippen LogP contribution in [0.1, 0.15) is 29.6 Å². The van der Waals surface area contributed by atoms with Crippen LogP contribution < -0.4 is 5.43 Å². The highest BCUT2D eigenvalue weighted by molar-refractivity contribution is 6.30. The SMILES string of the molecule is O=C(NN1CCCCC1)c1cc(Cl)ccc1F. The molecule has 1 aliphatic rings. The maximum Gasteiger partial charge on any atom is 0.268 e. The van der Waals surface area contributed by atoms with Crippen LogP contribution >= 0.6 is 11.6 Å². The number of amides is 1. The number of halogens is 2. The van der Waals surface area contributed by atoms with E-state index >= 15 is 0 Å². The minimum Gasteiger partial charge on any atom is -0.285 e. The van der Waals surface area contributed by atoms with E-state index in [0.717, 1.165) is 25.9 Å². The Morgan fingerprint density at radius 1 is 1.29 bits per heavy atom. The van der Waals surface area contributed by atoms with Crippen LogP contribution in [-0.4, -0.2) is 24.0 Å². The molecule has 0 aliphatic carbocycles. The zero-order valence-electron chi connectivity index (χ0n) is 9.38. The van der Waals surface area contributed by atoms with Crippen molar-refractivity contribution in [1.82, 2.24) is 10.4 Å². The van der Waals surface area contributed by atoms with Gasteiger partial charge in [-0.1, -0.05) is 18.0 Å². The molecule has 2 rings (SSSR count). The summed E-state index contributed by atoms with van der Waals surface area (Å²) in [5.41, 5.74) is 2.69. The highest BCUT2D eigenvalue weighted by Gasteiger charge is 2.16. The number of hydrazine groups is 1. The van der Waals surface area contributed by atoms with E-state index in [4.69, 9.17) is 11.6 Å². The Kier molecular flexibility index (Phi) is 3.97. The Hall–Kier alpha value is -1.13. The van der Waals surface area contributed by atoms with Crippen LogP contribution in [0.2, 0.25) is 5.02 Å². The summed E-state index contributed by atoms with van der Waals surface area (Å²) in [6.45, 7) is 1.63. The second-order valence-corrected chi connectivity index (χ2v) is 4.55. The molecule has 0 saturated carbocycles. The molecule has 92 valence electrons. The molecule has 0 atom stereocenters. The van der Waals surface area contributed by atoms with Crippen molar-refractivity contribution in [3.05, 3.63) is 34.6 Å². The molecule has 1 aliphatic heterocycles. The Bertz CT molecular complexity index is 419. The number of hydrogen-bond acceptors (Lipinski definition) is 2. The number of piperidine rings is 1. The topological polar surface area (TPSA) is 32.3 Å². The third kappa shape index (κ3) is 3.17. The van der Waals surface area contributed by atoms with Crippen molar-refractivity contribution in [3.8, 4) is 0 Å². The van der Waals surface area contributed by atoms with E-state index < -0.39 is 11.7 Å². The van der Waals surface area contributed by atoms with Gasteiger partial charge in [0.1, 0.15) is 5.82 Å². The van der Waals surface area contributed by atoms with E-state index in [1.165, 1.54) is 24.6 Å². The number of nitrogens with zero attached hydrogens (tertiary/aromatic N) is 1. The predicted molar refractivity (Wildman–Crippen MR) is 64.3 cm³/mol. The molecule has 1 heterocycles. The summed E-state index contributed by atoms with van der Waals surface area (Å²) in [7, 11) is 0. The highest BCUT2D eigenvalue weighted by atomic mass is 35.5. The van der Waals surface area contributed by atoms with Gasteiger partial charge in [-0.3, -0.25) is 10.2 Å². The smallest absolute Gasteiger partial charge is 0.268 e. The fourth-order valence-corrected chi connectivity index (χ4v) is 2.05. The zero-order chi connectivity index (χ0) is 12.3. The fraction of sp³-hybridized carbons (Fsp3) is 0.417. The number of rotatable bonds is 2. The molecule has 1 N–H and O–H groups in total. The molecule has 3 nitrogen and oxygen atoms in total. The Labute approximate surface area is 105 Å². The van der Waals surface area contributed by atoms with Crippen molar-refractivity contribution in [2.24, 2.45) is 0 Å². The van der Waals surface area contributed by atoms with Gasteiger partial charge in [-0.15, -0.1) is 0 Å². The van der Waals surface area contributed by atoms with Gasteiger partial charge in [-0.2, -0.15) is 0 Å². The number of carbonyl (C=O) groups excluding carboxylic acids is 1. The van der Waals surface area contributed by atoms with Gasteiger partial charge in [0.25, 0.3) is 5.91 Å². The Morgan fingerprint density at radius 3 is 2.71 bits per heavy atom. The highest BCUT2D eigenvalue weighted by Crippen LogP contribution is 2.15. The largest absolute Gasteiger partial charge is 0.285 e. The van der Waals surface area contributed by atoms with E-state index in [9.17, 15) is 9.18 Å². The van der Waals surface area contributed by atoms with Gasteiger partial charge in [-0.25, -0.2) is 9.40 Å². The molecular weight excluding hydrogens is 243 g/mol. The molecule has 1 fully saturated rings. The first-order chi connectivity index (χ1) is 8.16. The maximum absolute atomic E-state index is 13.4. The number of carbonyl (C=O) groups is 1. The van der Waals surface area contributed by atoms with Crippen LogP contribution in [0.3, 0.4) is 0 Å². The fourth-order valence-electron chi connectivity index (χ4n) is 1.88. The molecule has 0 unspecified atom stereocenters. The van der Waals surface area contributed by atoms with E-state index in [-0.39, 0.29) is 5.56 Å². The lowest BCUT2D eigenvalue weighted by Gasteiger charge is -2.26. The number of benzene rings is 1. The van der Waals surface area contributed by atoms with Crippen molar-refractivity contribution >= 4 is 17.5 Å². The van der Waals surface area contributed by atoms with E-state index in [1.54, 1.807) is 0 Å². The van der Waals surface area contributed by atoms with Crippen molar-refractivity contribution in [1.29, 1.82) is 0 Å². The van der Waals surface area contributed by atoms with Crippen molar-refractivity contribution in [3.63, 3.8) is 0 Å². The lowest BCUT2D eigenvalue weighted by atomic mass is 10.1. The quantitative estimate of drug-likeness (QED) is 0.882. The molecule has 1 amide bonds. The maximum atomic E-state index is 13.4. The summed E-state index contributed by atoms with van der Waals surface area (Å²) in [6, 6.07) is 3.97. The first-order valence-electron chi connectivity index (χ1n) is 5.68.